The van der Waals surface area contributed by atoms with Crippen LogP contribution in [0, 0.1) is 5.92 Å². The summed E-state index contributed by atoms with van der Waals surface area (Å²) in [7, 11) is 2.14. The van der Waals surface area contributed by atoms with Gasteiger partial charge in [-0.1, -0.05) is 43.5 Å². The molecular formula is C24H32N6O. The fraction of sp³-hybridized carbons (Fsp3) is 0.542. The first-order valence-electron chi connectivity index (χ1n) is 11.6. The van der Waals surface area contributed by atoms with Crippen LogP contribution in [0.4, 0.5) is 5.82 Å². The first kappa shape index (κ1) is 20.4. The highest BCUT2D eigenvalue weighted by Gasteiger charge is 2.19. The van der Waals surface area contributed by atoms with Gasteiger partial charge >= 0.3 is 0 Å². The standard InChI is InChI=1S/C24H32N6O/c1-29(15-18-5-3-2-4-6-18)24-21-23(25-17-26-24)28-22(27-21)20-9-7-19(8-10-20)16-30-11-13-31-14-12-30/h7-10,17-18H,2-6,11-16H2,1H3,(H,25,26,27,28). The maximum Gasteiger partial charge on any atom is 0.183 e. The molecule has 5 rings (SSSR count). The maximum absolute atomic E-state index is 5.44. The molecule has 1 saturated carbocycles. The molecule has 1 aliphatic heterocycles. The Morgan fingerprint density at radius 3 is 2.61 bits per heavy atom. The summed E-state index contributed by atoms with van der Waals surface area (Å²) in [6, 6.07) is 8.68. The van der Waals surface area contributed by atoms with E-state index in [1.165, 1.54) is 37.7 Å². The lowest BCUT2D eigenvalue weighted by molar-refractivity contribution is 0.0342. The van der Waals surface area contributed by atoms with Gasteiger partial charge in [0.05, 0.1) is 13.2 Å². The van der Waals surface area contributed by atoms with Gasteiger partial charge < -0.3 is 14.6 Å². The van der Waals surface area contributed by atoms with Crippen molar-refractivity contribution in [3.8, 4) is 11.4 Å². The molecule has 31 heavy (non-hydrogen) atoms. The number of anilines is 1. The Balaban J connectivity index is 1.33. The van der Waals surface area contributed by atoms with Crippen molar-refractivity contribution in [1.29, 1.82) is 0 Å². The molecule has 2 aromatic heterocycles. The Morgan fingerprint density at radius 1 is 1.06 bits per heavy atom. The number of fused-ring (bicyclic) bond motifs is 1. The highest BCUT2D eigenvalue weighted by molar-refractivity contribution is 5.85. The molecule has 1 aliphatic carbocycles. The molecule has 7 heteroatoms. The molecule has 0 amide bonds. The molecule has 0 radical (unpaired) electrons. The number of nitrogens with one attached hydrogen (secondary N) is 1. The van der Waals surface area contributed by atoms with E-state index in [-0.39, 0.29) is 0 Å². The van der Waals surface area contributed by atoms with Crippen molar-refractivity contribution in [2.45, 2.75) is 38.6 Å². The van der Waals surface area contributed by atoms with Crippen molar-refractivity contribution in [3.63, 3.8) is 0 Å². The third kappa shape index (κ3) is 4.72. The predicted octanol–water partition coefficient (Wildman–Crippen LogP) is 3.87. The fourth-order valence-corrected chi connectivity index (χ4v) is 4.87. The Labute approximate surface area is 183 Å². The molecule has 0 bridgehead atoms. The second-order valence-corrected chi connectivity index (χ2v) is 8.95. The first-order chi connectivity index (χ1) is 15.3. The molecule has 3 aromatic rings. The molecule has 0 spiro atoms. The van der Waals surface area contributed by atoms with Crippen LogP contribution in [0.3, 0.4) is 0 Å². The van der Waals surface area contributed by atoms with Crippen LogP contribution in [0.1, 0.15) is 37.7 Å². The van der Waals surface area contributed by atoms with Gasteiger partial charge in [0, 0.05) is 38.8 Å². The molecule has 3 heterocycles. The first-order valence-corrected chi connectivity index (χ1v) is 11.6. The minimum absolute atomic E-state index is 0.730. The molecule has 164 valence electrons. The van der Waals surface area contributed by atoms with Crippen LogP contribution in [0.15, 0.2) is 30.6 Å². The second-order valence-electron chi connectivity index (χ2n) is 8.95. The van der Waals surface area contributed by atoms with E-state index in [2.05, 4.69) is 56.1 Å². The van der Waals surface area contributed by atoms with E-state index in [0.717, 1.165) is 73.7 Å². The summed E-state index contributed by atoms with van der Waals surface area (Å²) in [6.07, 6.45) is 8.37. The largest absolute Gasteiger partial charge is 0.379 e. The third-order valence-electron chi connectivity index (χ3n) is 6.62. The van der Waals surface area contributed by atoms with Crippen LogP contribution < -0.4 is 4.90 Å². The highest BCUT2D eigenvalue weighted by atomic mass is 16.5. The quantitative estimate of drug-likeness (QED) is 0.653. The summed E-state index contributed by atoms with van der Waals surface area (Å²) >= 11 is 0. The van der Waals surface area contributed by atoms with Gasteiger partial charge in [0.2, 0.25) is 0 Å². The number of aromatic amines is 1. The minimum Gasteiger partial charge on any atom is -0.379 e. The van der Waals surface area contributed by atoms with Gasteiger partial charge in [-0.15, -0.1) is 0 Å². The number of morpholine rings is 1. The van der Waals surface area contributed by atoms with Crippen LogP contribution in [0.5, 0.6) is 0 Å². The number of nitrogens with zero attached hydrogens (tertiary/aromatic N) is 5. The average molecular weight is 421 g/mol. The molecule has 1 N–H and O–H groups in total. The monoisotopic (exact) mass is 420 g/mol. The van der Waals surface area contributed by atoms with Crippen molar-refractivity contribution in [3.05, 3.63) is 36.2 Å². The summed E-state index contributed by atoms with van der Waals surface area (Å²) in [6.45, 7) is 5.66. The normalized spacial score (nSPS) is 18.5. The summed E-state index contributed by atoms with van der Waals surface area (Å²) in [5.41, 5.74) is 4.04. The van der Waals surface area contributed by atoms with Gasteiger partial charge in [-0.05, 0) is 24.3 Å². The van der Waals surface area contributed by atoms with E-state index in [4.69, 9.17) is 9.72 Å². The lowest BCUT2D eigenvalue weighted by Gasteiger charge is -2.27. The SMILES string of the molecule is CN(CC1CCCCC1)c1ncnc2nc(-c3ccc(CN4CCOCC4)cc3)[nH]c12. The van der Waals surface area contributed by atoms with Crippen LogP contribution in [-0.2, 0) is 11.3 Å². The maximum atomic E-state index is 5.44. The molecule has 2 fully saturated rings. The Hall–Kier alpha value is -2.51. The predicted molar refractivity (Wildman–Crippen MR) is 123 cm³/mol. The van der Waals surface area contributed by atoms with Crippen LogP contribution in [-0.4, -0.2) is 64.7 Å². The lowest BCUT2D eigenvalue weighted by atomic mass is 9.89. The minimum atomic E-state index is 0.730. The molecule has 1 saturated heterocycles. The molecular weight excluding hydrogens is 388 g/mol. The number of rotatable bonds is 6. The number of ether oxygens (including phenoxy) is 1. The number of hydrogen-bond donors (Lipinski definition) is 1. The number of H-pyrrole nitrogens is 1. The number of imidazole rings is 1. The fourth-order valence-electron chi connectivity index (χ4n) is 4.87. The number of benzene rings is 1. The summed E-state index contributed by atoms with van der Waals surface area (Å²) in [4.78, 5) is 22.0. The zero-order valence-electron chi connectivity index (χ0n) is 18.4. The van der Waals surface area contributed by atoms with Gasteiger partial charge in [-0.25, -0.2) is 15.0 Å². The molecule has 1 aromatic carbocycles. The Kier molecular flexibility index (Phi) is 6.13. The van der Waals surface area contributed by atoms with Gasteiger partial charge in [0.1, 0.15) is 17.7 Å². The lowest BCUT2D eigenvalue weighted by Crippen LogP contribution is -2.35. The number of hydrogen-bond acceptors (Lipinski definition) is 6. The zero-order chi connectivity index (χ0) is 21.0. The van der Waals surface area contributed by atoms with Crippen molar-refractivity contribution in [1.82, 2.24) is 24.8 Å². The van der Waals surface area contributed by atoms with E-state index in [1.54, 1.807) is 6.33 Å². The Morgan fingerprint density at radius 2 is 1.84 bits per heavy atom. The van der Waals surface area contributed by atoms with Gasteiger partial charge in [0.25, 0.3) is 0 Å². The van der Waals surface area contributed by atoms with Gasteiger partial charge in [0.15, 0.2) is 11.5 Å². The van der Waals surface area contributed by atoms with Crippen LogP contribution in [0.25, 0.3) is 22.6 Å². The van der Waals surface area contributed by atoms with Crippen LogP contribution in [0.2, 0.25) is 0 Å². The van der Waals surface area contributed by atoms with E-state index >= 15 is 0 Å². The zero-order valence-corrected chi connectivity index (χ0v) is 18.4. The van der Waals surface area contributed by atoms with E-state index in [1.807, 2.05) is 0 Å². The van der Waals surface area contributed by atoms with Crippen molar-refractivity contribution < 1.29 is 4.74 Å². The molecule has 7 nitrogen and oxygen atoms in total. The van der Waals surface area contributed by atoms with Gasteiger partial charge in [-0.3, -0.25) is 4.90 Å². The smallest absolute Gasteiger partial charge is 0.183 e. The molecule has 0 unspecified atom stereocenters. The van der Waals surface area contributed by atoms with Crippen molar-refractivity contribution in [2.24, 2.45) is 5.92 Å². The summed E-state index contributed by atoms with van der Waals surface area (Å²) < 4.78 is 5.44. The molecule has 2 aliphatic rings. The average Bonchev–Trinajstić information content (AvgIpc) is 3.25. The summed E-state index contributed by atoms with van der Waals surface area (Å²) in [5.74, 6) is 2.55. The highest BCUT2D eigenvalue weighted by Crippen LogP contribution is 2.28. The number of aromatic nitrogens is 4. The topological polar surface area (TPSA) is 70.2 Å². The van der Waals surface area contributed by atoms with Gasteiger partial charge in [-0.2, -0.15) is 0 Å². The summed E-state index contributed by atoms with van der Waals surface area (Å²) in [5, 5.41) is 0. The van der Waals surface area contributed by atoms with E-state index in [9.17, 15) is 0 Å². The van der Waals surface area contributed by atoms with Crippen LogP contribution >= 0.6 is 0 Å². The van der Waals surface area contributed by atoms with E-state index < -0.39 is 0 Å². The molecule has 0 atom stereocenters. The van der Waals surface area contributed by atoms with Crippen molar-refractivity contribution in [2.75, 3.05) is 44.8 Å². The second kappa shape index (κ2) is 9.32. The van der Waals surface area contributed by atoms with E-state index in [0.29, 0.717) is 0 Å². The van der Waals surface area contributed by atoms with Crippen molar-refractivity contribution >= 4 is 17.0 Å². The third-order valence-corrected chi connectivity index (χ3v) is 6.62. The Bertz CT molecular complexity index is 989.